The second kappa shape index (κ2) is 5.67. The van der Waals surface area contributed by atoms with Gasteiger partial charge in [-0.15, -0.1) is 0 Å². The molecule has 2 heterocycles. The summed E-state index contributed by atoms with van der Waals surface area (Å²) in [6, 6.07) is 1.59. The van der Waals surface area contributed by atoms with Crippen LogP contribution in [0.1, 0.15) is 25.1 Å². The van der Waals surface area contributed by atoms with Crippen LogP contribution in [-0.4, -0.2) is 28.3 Å². The van der Waals surface area contributed by atoms with Crippen molar-refractivity contribution in [2.45, 2.75) is 26.3 Å². The molecule has 0 bridgehead atoms. The van der Waals surface area contributed by atoms with E-state index in [9.17, 15) is 4.79 Å². The van der Waals surface area contributed by atoms with E-state index in [0.29, 0.717) is 28.5 Å². The molecule has 6 heteroatoms. The Morgan fingerprint density at radius 2 is 2.26 bits per heavy atom. The lowest BCUT2D eigenvalue weighted by Crippen LogP contribution is -2.30. The zero-order valence-electron chi connectivity index (χ0n) is 11.2. The van der Waals surface area contributed by atoms with Crippen molar-refractivity contribution in [2.24, 2.45) is 0 Å². The van der Waals surface area contributed by atoms with Crippen LogP contribution in [0.3, 0.4) is 0 Å². The van der Waals surface area contributed by atoms with Crippen molar-refractivity contribution in [3.63, 3.8) is 0 Å². The molecule has 0 spiro atoms. The van der Waals surface area contributed by atoms with Crippen LogP contribution in [0.15, 0.2) is 17.1 Å². The highest BCUT2D eigenvalue weighted by atomic mass is 35.5. The Bertz CT molecular complexity index is 654. The first-order valence-electron chi connectivity index (χ1n) is 6.12. The lowest BCUT2D eigenvalue weighted by molar-refractivity contribution is 0.153. The van der Waals surface area contributed by atoms with Crippen molar-refractivity contribution < 1.29 is 4.74 Å². The number of nitrogens with zero attached hydrogens (tertiary/aromatic N) is 3. The number of fused-ring (bicyclic) bond motifs is 1. The Hall–Kier alpha value is -1.46. The van der Waals surface area contributed by atoms with E-state index in [-0.39, 0.29) is 11.6 Å². The summed E-state index contributed by atoms with van der Waals surface area (Å²) in [6.07, 6.45) is 2.34. The lowest BCUT2D eigenvalue weighted by Gasteiger charge is -2.19. The molecular formula is C13H16ClN3O2. The molecule has 0 amide bonds. The van der Waals surface area contributed by atoms with E-state index < -0.39 is 0 Å². The van der Waals surface area contributed by atoms with Crippen molar-refractivity contribution in [1.29, 1.82) is 0 Å². The minimum atomic E-state index is -0.147. The molecule has 0 N–H and O–H groups in total. The molecule has 1 atom stereocenters. The van der Waals surface area contributed by atoms with Gasteiger partial charge in [0.2, 0.25) is 0 Å². The van der Waals surface area contributed by atoms with Crippen molar-refractivity contribution in [3.8, 4) is 0 Å². The molecule has 5 nitrogen and oxygen atoms in total. The van der Waals surface area contributed by atoms with Gasteiger partial charge in [0.25, 0.3) is 5.56 Å². The van der Waals surface area contributed by atoms with E-state index in [1.807, 2.05) is 6.92 Å². The van der Waals surface area contributed by atoms with Crippen LogP contribution in [0.2, 0.25) is 5.02 Å². The predicted octanol–water partition coefficient (Wildman–Crippen LogP) is 2.35. The number of hydrogen-bond donors (Lipinski definition) is 0. The Balaban J connectivity index is 2.80. The van der Waals surface area contributed by atoms with E-state index in [1.165, 1.54) is 0 Å². The standard InChI is InChI=1S/C13H16ClN3O2/c1-4-9(7-19-3)17-12-11(10(14)5-6-15-12)16-8(2)13(17)18/h5-6,9H,4,7H2,1-3H3/t9-/m1/s1. The number of methoxy groups -OCH3 is 1. The summed E-state index contributed by atoms with van der Waals surface area (Å²) in [4.78, 5) is 20.8. The molecule has 0 aliphatic heterocycles. The van der Waals surface area contributed by atoms with Crippen LogP contribution in [0.4, 0.5) is 0 Å². The number of hydrogen-bond acceptors (Lipinski definition) is 4. The molecular weight excluding hydrogens is 266 g/mol. The Morgan fingerprint density at radius 3 is 2.89 bits per heavy atom. The molecule has 2 rings (SSSR count). The third kappa shape index (κ3) is 2.48. The third-order valence-electron chi connectivity index (χ3n) is 3.09. The molecule has 0 unspecified atom stereocenters. The molecule has 2 aromatic heterocycles. The van der Waals surface area contributed by atoms with Gasteiger partial charge in [0, 0.05) is 13.3 Å². The zero-order chi connectivity index (χ0) is 14.0. The Labute approximate surface area is 116 Å². The molecule has 102 valence electrons. The van der Waals surface area contributed by atoms with E-state index in [1.54, 1.807) is 30.9 Å². The highest BCUT2D eigenvalue weighted by Gasteiger charge is 2.18. The normalized spacial score (nSPS) is 12.8. The van der Waals surface area contributed by atoms with Crippen LogP contribution < -0.4 is 5.56 Å². The van der Waals surface area contributed by atoms with Gasteiger partial charge in [-0.25, -0.2) is 9.97 Å². The highest BCUT2D eigenvalue weighted by Crippen LogP contribution is 2.21. The molecule has 19 heavy (non-hydrogen) atoms. The number of aryl methyl sites for hydroxylation is 1. The van der Waals surface area contributed by atoms with Gasteiger partial charge in [0.15, 0.2) is 5.65 Å². The van der Waals surface area contributed by atoms with Crippen LogP contribution in [0, 0.1) is 6.92 Å². The summed E-state index contributed by atoms with van der Waals surface area (Å²) < 4.78 is 6.81. The molecule has 0 fully saturated rings. The lowest BCUT2D eigenvalue weighted by atomic mass is 10.2. The molecule has 0 saturated heterocycles. The highest BCUT2D eigenvalue weighted by molar-refractivity contribution is 6.34. The Kier molecular flexibility index (Phi) is 4.17. The third-order valence-corrected chi connectivity index (χ3v) is 3.39. The van der Waals surface area contributed by atoms with Gasteiger partial charge in [-0.05, 0) is 19.4 Å². The topological polar surface area (TPSA) is 57.0 Å². The van der Waals surface area contributed by atoms with Gasteiger partial charge >= 0.3 is 0 Å². The molecule has 0 aliphatic carbocycles. The zero-order valence-corrected chi connectivity index (χ0v) is 11.9. The minimum Gasteiger partial charge on any atom is -0.383 e. The van der Waals surface area contributed by atoms with Gasteiger partial charge in [-0.2, -0.15) is 0 Å². The fourth-order valence-electron chi connectivity index (χ4n) is 2.09. The summed E-state index contributed by atoms with van der Waals surface area (Å²) in [6.45, 7) is 4.13. The van der Waals surface area contributed by atoms with Crippen LogP contribution in [0.25, 0.3) is 11.2 Å². The SMILES string of the molecule is CC[C@H](COC)n1c(=O)c(C)nc2c(Cl)ccnc21. The predicted molar refractivity (Wildman–Crippen MR) is 74.7 cm³/mol. The molecule has 0 saturated carbocycles. The van der Waals surface area contributed by atoms with Gasteiger partial charge in [-0.1, -0.05) is 18.5 Å². The fraction of sp³-hybridized carbons (Fsp3) is 0.462. The summed E-state index contributed by atoms with van der Waals surface area (Å²) in [5.74, 6) is 0. The molecule has 0 radical (unpaired) electrons. The van der Waals surface area contributed by atoms with Gasteiger partial charge in [0.1, 0.15) is 11.2 Å². The maximum Gasteiger partial charge on any atom is 0.273 e. The van der Waals surface area contributed by atoms with Crippen molar-refractivity contribution in [1.82, 2.24) is 14.5 Å². The van der Waals surface area contributed by atoms with Crippen molar-refractivity contribution >= 4 is 22.8 Å². The van der Waals surface area contributed by atoms with E-state index in [4.69, 9.17) is 16.3 Å². The molecule has 2 aromatic rings. The average molecular weight is 282 g/mol. The fourth-order valence-corrected chi connectivity index (χ4v) is 2.28. The molecule has 0 aliphatic rings. The monoisotopic (exact) mass is 281 g/mol. The smallest absolute Gasteiger partial charge is 0.273 e. The minimum absolute atomic E-state index is 0.0762. The van der Waals surface area contributed by atoms with Gasteiger partial charge in [-0.3, -0.25) is 9.36 Å². The first kappa shape index (κ1) is 14.0. The number of rotatable bonds is 4. The second-order valence-corrected chi connectivity index (χ2v) is 4.76. The summed E-state index contributed by atoms with van der Waals surface area (Å²) in [5.41, 5.74) is 1.32. The van der Waals surface area contributed by atoms with Gasteiger partial charge in [0.05, 0.1) is 17.7 Å². The Morgan fingerprint density at radius 1 is 1.53 bits per heavy atom. The quantitative estimate of drug-likeness (QED) is 0.863. The second-order valence-electron chi connectivity index (χ2n) is 4.35. The first-order chi connectivity index (χ1) is 9.10. The number of pyridine rings is 1. The number of ether oxygens (including phenoxy) is 1. The van der Waals surface area contributed by atoms with Crippen molar-refractivity contribution in [3.05, 3.63) is 33.3 Å². The summed E-state index contributed by atoms with van der Waals surface area (Å²) in [7, 11) is 1.62. The summed E-state index contributed by atoms with van der Waals surface area (Å²) in [5, 5.41) is 0.495. The molecule has 0 aromatic carbocycles. The van der Waals surface area contributed by atoms with E-state index in [0.717, 1.165) is 6.42 Å². The summed E-state index contributed by atoms with van der Waals surface area (Å²) >= 11 is 6.13. The average Bonchev–Trinajstić information content (AvgIpc) is 2.40. The van der Waals surface area contributed by atoms with Crippen LogP contribution >= 0.6 is 11.6 Å². The number of halogens is 1. The largest absolute Gasteiger partial charge is 0.383 e. The van der Waals surface area contributed by atoms with Gasteiger partial charge < -0.3 is 4.74 Å². The van der Waals surface area contributed by atoms with E-state index >= 15 is 0 Å². The first-order valence-corrected chi connectivity index (χ1v) is 6.50. The maximum absolute atomic E-state index is 12.3. The van der Waals surface area contributed by atoms with Crippen LogP contribution in [0.5, 0.6) is 0 Å². The van der Waals surface area contributed by atoms with E-state index in [2.05, 4.69) is 9.97 Å². The van der Waals surface area contributed by atoms with Crippen LogP contribution in [-0.2, 0) is 4.74 Å². The maximum atomic E-state index is 12.3. The van der Waals surface area contributed by atoms with Crippen molar-refractivity contribution in [2.75, 3.05) is 13.7 Å². The number of aromatic nitrogens is 3.